The molecule has 0 radical (unpaired) electrons. The van der Waals surface area contributed by atoms with Gasteiger partial charge >= 0.3 is 21.1 Å². The SMILES string of the molecule is CC1(C)OB(B2OC(C)(C)C(C)(C)O2)OC1(C)C.Cn1nc(-c2c(-c3ccc(F)cc3)nc(N)n3nc(Cc4ncccc4F)nc23)ccc1=O.Cn1nc(B(O)O)ccc1=O.Cn1nc(Br)ccc1=O.Nc1nc(-c2ccc(F)cc2)c(Br)c2nc(Cc3ncccc3F)nn12. The van der Waals surface area contributed by atoms with Crippen LogP contribution in [0, 0.1) is 23.3 Å². The first kappa shape index (κ1) is 72.0. The largest absolute Gasteiger partial charge is 0.509 e. The summed E-state index contributed by atoms with van der Waals surface area (Å²) in [5, 5.41) is 37.6. The molecular formula is C61H63B3Br2F4N18O9. The van der Waals surface area contributed by atoms with Gasteiger partial charge in [0.1, 0.15) is 27.9 Å². The average molecular weight is 1460 g/mol. The van der Waals surface area contributed by atoms with Crippen molar-refractivity contribution in [1.82, 2.24) is 78.5 Å². The minimum absolute atomic E-state index is 0.0261. The molecule has 11 heterocycles. The highest BCUT2D eigenvalue weighted by molar-refractivity contribution is 9.11. The highest BCUT2D eigenvalue weighted by Crippen LogP contribution is 2.43. The summed E-state index contributed by atoms with van der Waals surface area (Å²) >= 11 is 6.59. The molecule has 13 rings (SSSR count). The molecule has 9 aromatic heterocycles. The van der Waals surface area contributed by atoms with Crippen LogP contribution in [0.4, 0.5) is 29.5 Å². The van der Waals surface area contributed by atoms with Gasteiger partial charge in [-0.05, 0) is 178 Å². The third-order valence-corrected chi connectivity index (χ3v) is 16.9. The molecule has 0 unspecified atom stereocenters. The molecule has 0 aliphatic carbocycles. The van der Waals surface area contributed by atoms with Crippen molar-refractivity contribution in [3.8, 4) is 33.8 Å². The Bertz CT molecular complexity index is 4810. The number of pyridine rings is 2. The number of anilines is 2. The normalized spacial score (nSPS) is 14.8. The van der Waals surface area contributed by atoms with Crippen LogP contribution in [0.2, 0.25) is 0 Å². The molecule has 2 aliphatic rings. The van der Waals surface area contributed by atoms with Gasteiger partial charge in [0, 0.05) is 62.9 Å². The van der Waals surface area contributed by atoms with Gasteiger partial charge in [-0.15, -0.1) is 10.2 Å². The fourth-order valence-corrected chi connectivity index (χ4v) is 10.1. The van der Waals surface area contributed by atoms with Gasteiger partial charge < -0.3 is 40.1 Å². The molecule has 0 saturated carbocycles. The van der Waals surface area contributed by atoms with E-state index in [2.05, 4.69) is 87.3 Å². The van der Waals surface area contributed by atoms with Crippen molar-refractivity contribution < 1.29 is 46.2 Å². The van der Waals surface area contributed by atoms with E-state index >= 15 is 0 Å². The molecule has 97 heavy (non-hydrogen) atoms. The number of aryl methyl sites for hydroxylation is 3. The minimum atomic E-state index is -1.62. The van der Waals surface area contributed by atoms with Gasteiger partial charge in [-0.1, -0.05) is 0 Å². The second kappa shape index (κ2) is 29.2. The third kappa shape index (κ3) is 16.6. The molecule has 2 aromatic carbocycles. The molecule has 502 valence electrons. The van der Waals surface area contributed by atoms with Crippen LogP contribution in [-0.4, -0.2) is 132 Å². The van der Waals surface area contributed by atoms with Crippen molar-refractivity contribution in [3.63, 3.8) is 0 Å². The molecule has 2 aliphatic heterocycles. The summed E-state index contributed by atoms with van der Waals surface area (Å²) in [5.41, 5.74) is 14.2. The molecule has 0 spiro atoms. The van der Waals surface area contributed by atoms with E-state index in [1.54, 1.807) is 37.4 Å². The van der Waals surface area contributed by atoms with Gasteiger partial charge in [-0.2, -0.15) is 24.3 Å². The fourth-order valence-electron chi connectivity index (χ4n) is 9.14. The topological polar surface area (TPSA) is 346 Å². The Morgan fingerprint density at radius 1 is 0.505 bits per heavy atom. The first-order valence-corrected chi connectivity index (χ1v) is 31.0. The molecule has 2 saturated heterocycles. The predicted octanol–water partition coefficient (Wildman–Crippen LogP) is 6.05. The van der Waals surface area contributed by atoms with E-state index in [-0.39, 0.29) is 92.4 Å². The summed E-state index contributed by atoms with van der Waals surface area (Å²) in [6.07, 6.45) is 3.13. The van der Waals surface area contributed by atoms with Crippen molar-refractivity contribution in [2.24, 2.45) is 21.1 Å². The monoisotopic (exact) mass is 1460 g/mol. The Kier molecular flexibility index (Phi) is 21.7. The van der Waals surface area contributed by atoms with E-state index in [0.717, 1.165) is 4.68 Å². The van der Waals surface area contributed by atoms with Crippen LogP contribution < -0.4 is 33.7 Å². The number of benzene rings is 2. The van der Waals surface area contributed by atoms with Gasteiger partial charge in [0.25, 0.3) is 16.7 Å². The number of rotatable bonds is 9. The lowest BCUT2D eigenvalue weighted by molar-refractivity contribution is 0.00578. The lowest BCUT2D eigenvalue weighted by Crippen LogP contribution is -2.41. The molecule has 11 aromatic rings. The Balaban J connectivity index is 0.000000153. The van der Waals surface area contributed by atoms with E-state index in [4.69, 9.17) is 40.1 Å². The molecule has 0 bridgehead atoms. The highest BCUT2D eigenvalue weighted by atomic mass is 79.9. The van der Waals surface area contributed by atoms with Crippen molar-refractivity contribution in [2.75, 3.05) is 11.5 Å². The van der Waals surface area contributed by atoms with E-state index in [1.165, 1.54) is 124 Å². The van der Waals surface area contributed by atoms with Crippen LogP contribution in [-0.2, 0) is 52.6 Å². The van der Waals surface area contributed by atoms with Gasteiger partial charge in [-0.3, -0.25) is 24.4 Å². The Morgan fingerprint density at radius 2 is 0.907 bits per heavy atom. The van der Waals surface area contributed by atoms with E-state index < -0.39 is 38.6 Å². The number of hydrogen-bond acceptors (Lipinski definition) is 22. The molecule has 6 N–H and O–H groups in total. The van der Waals surface area contributed by atoms with Crippen molar-refractivity contribution in [3.05, 3.63) is 208 Å². The smallest absolute Gasteiger partial charge is 0.422 e. The number of nitrogens with zero attached hydrogens (tertiary/aromatic N) is 16. The molecule has 27 nitrogen and oxygen atoms in total. The lowest BCUT2D eigenvalue weighted by atomic mass is 9.49. The number of nitrogen functional groups attached to an aromatic ring is 2. The first-order valence-electron chi connectivity index (χ1n) is 29.4. The Labute approximate surface area is 568 Å². The standard InChI is InChI=1S/C22H16F2N8O.C17H11BrF2N6.C12H24B2O4.C5H7BN2O3.C5H5BrN2O/c1-31-18(33)9-8-15(29-31)19-20(12-4-6-13(23)7-5-12)28-22(25)32-21(19)27-17(30-32)11-16-14(24)3-2-10-26-16;18-14-15(9-3-5-10(19)6-4-9)24-17(21)26-16(14)23-13(25-26)8-12-11(20)2-1-7-22-12;1-9(2)10(3,4)16-13(15-9)14-17-11(5,6)12(7,8)18-14;1-8-5(9)3-2-4(7-8)6(10)11;1-8-5(9)3-2-4(6)7-8/h2-10H,11H2,1H3,(H2,25,28);1-7H,8H2,(H2,21,24);1-8H3;2-3,10-11H,1H3;2-3H,1H3. The maximum Gasteiger partial charge on any atom is 0.509 e. The summed E-state index contributed by atoms with van der Waals surface area (Å²) in [6.45, 7) is 16.2. The van der Waals surface area contributed by atoms with Crippen LogP contribution in [0.1, 0.15) is 78.4 Å². The first-order chi connectivity index (χ1) is 45.6. The summed E-state index contributed by atoms with van der Waals surface area (Å²) in [6, 6.07) is 25.7. The van der Waals surface area contributed by atoms with Gasteiger partial charge in [0.2, 0.25) is 11.9 Å². The Hall–Kier alpha value is -9.29. The molecule has 36 heteroatoms. The predicted molar refractivity (Wildman–Crippen MR) is 360 cm³/mol. The third-order valence-electron chi connectivity index (χ3n) is 15.8. The van der Waals surface area contributed by atoms with E-state index in [9.17, 15) is 31.9 Å². The summed E-state index contributed by atoms with van der Waals surface area (Å²) in [7, 11) is 1.99. The number of fused-ring (bicyclic) bond motifs is 2. The van der Waals surface area contributed by atoms with Crippen LogP contribution in [0.5, 0.6) is 0 Å². The van der Waals surface area contributed by atoms with Gasteiger partial charge in [0.15, 0.2) is 22.9 Å². The minimum Gasteiger partial charge on any atom is -0.422 e. The van der Waals surface area contributed by atoms with Gasteiger partial charge in [0.05, 0.1) is 79.3 Å². The number of nitrogens with two attached hydrogens (primary N) is 2. The maximum absolute atomic E-state index is 14.1. The number of hydrogen-bond donors (Lipinski definition) is 4. The number of halogens is 6. The average Bonchev–Trinajstić information content (AvgIpc) is 1.68. The number of aromatic nitrogens is 16. The molecule has 2 fully saturated rings. The van der Waals surface area contributed by atoms with Crippen molar-refractivity contribution in [2.45, 2.75) is 90.6 Å². The van der Waals surface area contributed by atoms with Crippen LogP contribution >= 0.6 is 31.9 Å². The Morgan fingerprint density at radius 3 is 1.33 bits per heavy atom. The fraction of sp³-hybridized carbons (Fsp3) is 0.279. The van der Waals surface area contributed by atoms with Gasteiger partial charge in [-0.25, -0.2) is 51.5 Å². The molecular weight excluding hydrogens is 1400 g/mol. The molecule has 0 atom stereocenters. The highest BCUT2D eigenvalue weighted by Gasteiger charge is 2.63. The summed E-state index contributed by atoms with van der Waals surface area (Å²) in [4.78, 5) is 59.1. The van der Waals surface area contributed by atoms with Crippen molar-refractivity contribution in [1.29, 1.82) is 0 Å². The maximum atomic E-state index is 14.1. The zero-order valence-corrected chi connectivity index (χ0v) is 57.2. The quantitative estimate of drug-likeness (QED) is 0.0943. The van der Waals surface area contributed by atoms with Crippen LogP contribution in [0.25, 0.3) is 45.1 Å². The van der Waals surface area contributed by atoms with E-state index in [0.29, 0.717) is 60.0 Å². The lowest BCUT2D eigenvalue weighted by Gasteiger charge is -2.32. The second-order valence-electron chi connectivity index (χ2n) is 23.7. The van der Waals surface area contributed by atoms with Crippen molar-refractivity contribution >= 4 is 81.8 Å². The summed E-state index contributed by atoms with van der Waals surface area (Å²) < 4.78 is 85.9. The van der Waals surface area contributed by atoms with E-state index in [1.807, 2.05) is 55.4 Å². The van der Waals surface area contributed by atoms with Crippen LogP contribution in [0.3, 0.4) is 0 Å². The second-order valence-corrected chi connectivity index (χ2v) is 25.3. The van der Waals surface area contributed by atoms with Crippen LogP contribution in [0.15, 0.2) is 145 Å². The zero-order chi connectivity index (χ0) is 70.6. The zero-order valence-electron chi connectivity index (χ0n) is 54.0. The summed E-state index contributed by atoms with van der Waals surface area (Å²) in [5.74, 6) is -0.895. The molecule has 0 amide bonds.